The fraction of sp³-hybridized carbons (Fsp3) is 0.500. The molecule has 0 aliphatic heterocycles. The number of aromatic nitrogens is 9. The zero-order valence-corrected chi connectivity index (χ0v) is 33.7. The molecule has 0 spiro atoms. The maximum Gasteiger partial charge on any atom is 0.451 e. The van der Waals surface area contributed by atoms with Crippen molar-refractivity contribution in [3.63, 3.8) is 0 Å². The summed E-state index contributed by atoms with van der Waals surface area (Å²) in [4.78, 5) is 35.1. The van der Waals surface area contributed by atoms with Gasteiger partial charge in [-0.15, -0.1) is 0 Å². The third kappa shape index (κ3) is 25.3. The van der Waals surface area contributed by atoms with Crippen LogP contribution in [0.4, 0.5) is 13.2 Å². The first kappa shape index (κ1) is 47.3. The van der Waals surface area contributed by atoms with Crippen molar-refractivity contribution in [2.75, 3.05) is 0 Å². The molecule has 0 aromatic carbocycles. The van der Waals surface area contributed by atoms with E-state index < -0.39 is 12.0 Å². The monoisotopic (exact) mass is 747 g/mol. The van der Waals surface area contributed by atoms with Gasteiger partial charge >= 0.3 is 6.18 Å². The van der Waals surface area contributed by atoms with Crippen LogP contribution in [-0.2, 0) is 38.3 Å². The summed E-state index contributed by atoms with van der Waals surface area (Å²) in [7, 11) is 0. The Morgan fingerprint density at radius 3 is 1.44 bits per heavy atom. The Morgan fingerprint density at radius 2 is 0.963 bits per heavy atom. The Hall–Kier alpha value is -4.74. The molecule has 294 valence electrons. The van der Waals surface area contributed by atoms with Gasteiger partial charge in [0, 0.05) is 73.1 Å². The van der Waals surface area contributed by atoms with Crippen LogP contribution in [0, 0.1) is 29.6 Å². The van der Waals surface area contributed by atoms with Gasteiger partial charge in [-0.2, -0.15) is 13.2 Å². The lowest BCUT2D eigenvalue weighted by atomic mass is 10.1. The van der Waals surface area contributed by atoms with Crippen LogP contribution in [0.2, 0.25) is 0 Å². The van der Waals surface area contributed by atoms with Crippen molar-refractivity contribution in [3.8, 4) is 0 Å². The molecule has 0 radical (unpaired) electrons. The molecule has 0 aliphatic carbocycles. The molecule has 0 saturated heterocycles. The number of rotatable bonds is 10. The lowest BCUT2D eigenvalue weighted by Gasteiger charge is -2.07. The smallest absolute Gasteiger partial charge is 0.261 e. The first-order valence-electron chi connectivity index (χ1n) is 18.6. The summed E-state index contributed by atoms with van der Waals surface area (Å²) in [6, 6.07) is 11.4. The molecule has 0 aliphatic rings. The lowest BCUT2D eigenvalue weighted by Crippen LogP contribution is -2.12. The Bertz CT molecular complexity index is 1420. The van der Waals surface area contributed by atoms with Gasteiger partial charge in [0.15, 0.2) is 0 Å². The molecule has 0 atom stereocenters. The first-order valence-corrected chi connectivity index (χ1v) is 18.6. The van der Waals surface area contributed by atoms with E-state index >= 15 is 0 Å². The van der Waals surface area contributed by atoms with Crippen molar-refractivity contribution in [2.45, 2.75) is 108 Å². The molecular formula is C42H60F3N9. The molecule has 5 heterocycles. The molecule has 54 heavy (non-hydrogen) atoms. The summed E-state index contributed by atoms with van der Waals surface area (Å²) < 4.78 is 36.5. The SMILES string of the molecule is CC(C)Cc1ccccn1.CC(C)Cc1ccnc(C(F)(F)F)n1.CC(C)Cc1ccncn1.CC(C)Cc1cnccn1.CC(C)Cc1ncccn1. The summed E-state index contributed by atoms with van der Waals surface area (Å²) in [5.74, 6) is 2.85. The van der Waals surface area contributed by atoms with Crippen LogP contribution in [0.3, 0.4) is 0 Å². The number of halogens is 3. The van der Waals surface area contributed by atoms with E-state index in [1.54, 1.807) is 37.3 Å². The fourth-order valence-corrected chi connectivity index (χ4v) is 4.51. The van der Waals surface area contributed by atoms with Crippen molar-refractivity contribution in [1.82, 2.24) is 44.9 Å². The van der Waals surface area contributed by atoms with E-state index in [1.807, 2.05) is 50.5 Å². The van der Waals surface area contributed by atoms with Crippen LogP contribution in [0.15, 0.2) is 92.3 Å². The topological polar surface area (TPSA) is 116 Å². The third-order valence-electron chi connectivity index (χ3n) is 6.63. The van der Waals surface area contributed by atoms with Gasteiger partial charge in [0.25, 0.3) is 0 Å². The van der Waals surface area contributed by atoms with E-state index in [1.165, 1.54) is 11.8 Å². The second-order valence-corrected chi connectivity index (χ2v) is 14.7. The number of alkyl halides is 3. The van der Waals surface area contributed by atoms with Gasteiger partial charge in [0.2, 0.25) is 5.82 Å². The van der Waals surface area contributed by atoms with Gasteiger partial charge < -0.3 is 0 Å². The highest BCUT2D eigenvalue weighted by molar-refractivity contribution is 5.05. The normalized spacial score (nSPS) is 10.8. The molecule has 5 aromatic rings. The van der Waals surface area contributed by atoms with E-state index in [4.69, 9.17) is 0 Å². The molecule has 0 unspecified atom stereocenters. The molecule has 0 saturated carbocycles. The molecule has 5 aromatic heterocycles. The number of nitrogens with zero attached hydrogens (tertiary/aromatic N) is 9. The maximum absolute atomic E-state index is 12.2. The van der Waals surface area contributed by atoms with Crippen molar-refractivity contribution < 1.29 is 13.2 Å². The van der Waals surface area contributed by atoms with Crippen LogP contribution in [-0.4, -0.2) is 44.9 Å². The molecule has 0 bridgehead atoms. The Labute approximate surface area is 321 Å². The van der Waals surface area contributed by atoms with Crippen LogP contribution >= 0.6 is 0 Å². The number of hydrogen-bond donors (Lipinski definition) is 0. The van der Waals surface area contributed by atoms with Crippen molar-refractivity contribution in [3.05, 3.63) is 127 Å². The maximum atomic E-state index is 12.2. The predicted octanol–water partition coefficient (Wildman–Crippen LogP) is 10.00. The summed E-state index contributed by atoms with van der Waals surface area (Å²) in [6.07, 6.45) is 15.4. The molecule has 9 nitrogen and oxygen atoms in total. The zero-order chi connectivity index (χ0) is 40.4. The van der Waals surface area contributed by atoms with Crippen molar-refractivity contribution in [2.24, 2.45) is 29.6 Å². The fourth-order valence-electron chi connectivity index (χ4n) is 4.51. The lowest BCUT2D eigenvalue weighted by molar-refractivity contribution is -0.145. The average Bonchev–Trinajstić information content (AvgIpc) is 3.10. The van der Waals surface area contributed by atoms with E-state index in [0.717, 1.165) is 49.1 Å². The quantitative estimate of drug-likeness (QED) is 0.138. The Kier molecular flexibility index (Phi) is 23.6. The predicted molar refractivity (Wildman–Crippen MR) is 210 cm³/mol. The summed E-state index contributed by atoms with van der Waals surface area (Å²) >= 11 is 0. The molecule has 12 heteroatoms. The highest BCUT2D eigenvalue weighted by atomic mass is 19.4. The molecule has 0 fully saturated rings. The number of pyridine rings is 1. The summed E-state index contributed by atoms with van der Waals surface area (Å²) in [5.41, 5.74) is 3.84. The van der Waals surface area contributed by atoms with Gasteiger partial charge in [-0.3, -0.25) is 15.0 Å². The minimum atomic E-state index is -4.45. The second-order valence-electron chi connectivity index (χ2n) is 14.7. The highest BCUT2D eigenvalue weighted by Crippen LogP contribution is 2.25. The Balaban J connectivity index is 0.000000340. The standard InChI is InChI=1S/C9H11F3N2.C9H13N.3C8H12N2/c1-6(2)5-7-3-4-13-8(14-7)9(10,11)12;1-8(2)7-9-5-3-4-6-10-9;1-7(2)5-8-6-9-3-4-10-8;1-7(2)5-8-3-4-9-6-10-8;1-7(2)6-8-9-4-3-5-10-8/h3-4,6H,5H2,1-2H3;3-6,8H,7H2,1-2H3;2*3-4,6-7H,5H2,1-2H3;3-5,7H,6H2,1-2H3. The van der Waals surface area contributed by atoms with Crippen molar-refractivity contribution >= 4 is 0 Å². The van der Waals surface area contributed by atoms with E-state index in [0.29, 0.717) is 35.8 Å². The minimum Gasteiger partial charge on any atom is -0.261 e. The van der Waals surface area contributed by atoms with Gasteiger partial charge in [-0.05, 0) is 85.6 Å². The van der Waals surface area contributed by atoms with E-state index in [9.17, 15) is 13.2 Å². The van der Waals surface area contributed by atoms with Crippen LogP contribution in [0.1, 0.15) is 104 Å². The second kappa shape index (κ2) is 26.9. The summed E-state index contributed by atoms with van der Waals surface area (Å²) in [5, 5.41) is 0. The zero-order valence-electron chi connectivity index (χ0n) is 33.7. The van der Waals surface area contributed by atoms with Gasteiger partial charge in [-0.25, -0.2) is 29.9 Å². The van der Waals surface area contributed by atoms with Gasteiger partial charge in [0.1, 0.15) is 12.2 Å². The average molecular weight is 748 g/mol. The van der Waals surface area contributed by atoms with Crippen LogP contribution < -0.4 is 0 Å². The van der Waals surface area contributed by atoms with E-state index in [2.05, 4.69) is 106 Å². The number of hydrogen-bond acceptors (Lipinski definition) is 9. The van der Waals surface area contributed by atoms with E-state index in [-0.39, 0.29) is 5.92 Å². The van der Waals surface area contributed by atoms with Crippen molar-refractivity contribution in [1.29, 1.82) is 0 Å². The van der Waals surface area contributed by atoms with Gasteiger partial charge in [0.05, 0.1) is 5.69 Å². The molecule has 5 rings (SSSR count). The van der Waals surface area contributed by atoms with Crippen LogP contribution in [0.5, 0.6) is 0 Å². The third-order valence-corrected chi connectivity index (χ3v) is 6.63. The first-order chi connectivity index (χ1) is 25.5. The minimum absolute atomic E-state index is 0.283. The van der Waals surface area contributed by atoms with Gasteiger partial charge in [-0.1, -0.05) is 75.3 Å². The molecular weight excluding hydrogens is 688 g/mol. The largest absolute Gasteiger partial charge is 0.451 e. The highest BCUT2D eigenvalue weighted by Gasteiger charge is 2.34. The molecule has 0 N–H and O–H groups in total. The summed E-state index contributed by atoms with van der Waals surface area (Å²) in [6.45, 7) is 21.3. The molecule has 0 amide bonds. The van der Waals surface area contributed by atoms with Crippen LogP contribution in [0.25, 0.3) is 0 Å². The Morgan fingerprint density at radius 1 is 0.444 bits per heavy atom.